The summed E-state index contributed by atoms with van der Waals surface area (Å²) in [5, 5.41) is 9.72. The lowest BCUT2D eigenvalue weighted by molar-refractivity contribution is -0.113. The van der Waals surface area contributed by atoms with Gasteiger partial charge in [0, 0.05) is 11.4 Å². The van der Waals surface area contributed by atoms with E-state index >= 15 is 0 Å². The third-order valence-corrected chi connectivity index (χ3v) is 4.18. The summed E-state index contributed by atoms with van der Waals surface area (Å²) in [6.45, 7) is 3.88. The van der Waals surface area contributed by atoms with Crippen molar-refractivity contribution in [2.24, 2.45) is 0 Å². The smallest absolute Gasteiger partial charge is 0.255 e. The van der Waals surface area contributed by atoms with Crippen molar-refractivity contribution in [2.75, 3.05) is 5.32 Å². The highest BCUT2D eigenvalue weighted by atomic mass is 32.1. The number of benzene rings is 2. The van der Waals surface area contributed by atoms with E-state index in [-0.39, 0.29) is 11.9 Å². The number of carbonyl (C=O) groups is 1. The van der Waals surface area contributed by atoms with E-state index in [2.05, 4.69) is 16.0 Å². The zero-order chi connectivity index (χ0) is 17.1. The van der Waals surface area contributed by atoms with Gasteiger partial charge in [-0.05, 0) is 43.8 Å². The van der Waals surface area contributed by atoms with Gasteiger partial charge in [0.1, 0.15) is 0 Å². The molecule has 0 radical (unpaired) electrons. The van der Waals surface area contributed by atoms with Crippen molar-refractivity contribution >= 4 is 28.9 Å². The molecule has 1 heterocycles. The predicted octanol–water partition coefficient (Wildman–Crippen LogP) is 3.43. The van der Waals surface area contributed by atoms with Crippen molar-refractivity contribution in [1.29, 1.82) is 0 Å². The van der Waals surface area contributed by atoms with Crippen LogP contribution in [0.3, 0.4) is 0 Å². The normalized spacial score (nSPS) is 17.1. The van der Waals surface area contributed by atoms with Gasteiger partial charge in [0.15, 0.2) is 5.11 Å². The van der Waals surface area contributed by atoms with Gasteiger partial charge >= 0.3 is 0 Å². The molecule has 3 rings (SSSR count). The molecular formula is C19H19N3OS. The zero-order valence-electron chi connectivity index (χ0n) is 13.6. The SMILES string of the molecule is CC1=C(C(=O)Nc2ccc(C)cc2)[C@H](c2ccccc2)NC(=S)N1. The molecule has 0 fully saturated rings. The van der Waals surface area contributed by atoms with Gasteiger partial charge in [0.05, 0.1) is 11.6 Å². The Bertz CT molecular complexity index is 797. The maximum Gasteiger partial charge on any atom is 0.255 e. The highest BCUT2D eigenvalue weighted by Gasteiger charge is 2.29. The molecular weight excluding hydrogens is 318 g/mol. The number of carbonyl (C=O) groups excluding carboxylic acids is 1. The first-order chi connectivity index (χ1) is 11.5. The zero-order valence-corrected chi connectivity index (χ0v) is 14.4. The molecule has 3 N–H and O–H groups in total. The Balaban J connectivity index is 1.92. The third kappa shape index (κ3) is 3.46. The van der Waals surface area contributed by atoms with Crippen LogP contribution < -0.4 is 16.0 Å². The summed E-state index contributed by atoms with van der Waals surface area (Å²) in [4.78, 5) is 12.9. The Morgan fingerprint density at radius 3 is 2.38 bits per heavy atom. The standard InChI is InChI=1S/C19H19N3OS/c1-12-8-10-15(11-9-12)21-18(23)16-13(2)20-19(24)22-17(16)14-6-4-3-5-7-14/h3-11,17H,1-2H3,(H,21,23)(H2,20,22,24)/t17-/m0/s1. The summed E-state index contributed by atoms with van der Waals surface area (Å²) in [7, 11) is 0. The number of thiocarbonyl (C=S) groups is 1. The van der Waals surface area contributed by atoms with Crippen LogP contribution in [0.15, 0.2) is 65.9 Å². The Labute approximate surface area is 147 Å². The first-order valence-electron chi connectivity index (χ1n) is 7.76. The molecule has 5 heteroatoms. The lowest BCUT2D eigenvalue weighted by atomic mass is 9.95. The molecule has 0 bridgehead atoms. The second-order valence-corrected chi connectivity index (χ2v) is 6.21. The molecule has 1 aliphatic heterocycles. The van der Waals surface area contributed by atoms with Crippen molar-refractivity contribution in [1.82, 2.24) is 10.6 Å². The minimum Gasteiger partial charge on any atom is -0.351 e. The lowest BCUT2D eigenvalue weighted by Gasteiger charge is -2.30. The maximum absolute atomic E-state index is 12.9. The fourth-order valence-electron chi connectivity index (χ4n) is 2.73. The van der Waals surface area contributed by atoms with Gasteiger partial charge in [0.2, 0.25) is 0 Å². The monoisotopic (exact) mass is 337 g/mol. The van der Waals surface area contributed by atoms with Crippen LogP contribution in [-0.2, 0) is 4.79 Å². The van der Waals surface area contributed by atoms with Crippen LogP contribution in [-0.4, -0.2) is 11.0 Å². The van der Waals surface area contributed by atoms with Crippen LogP contribution >= 0.6 is 12.2 Å². The molecule has 2 aromatic carbocycles. The number of amides is 1. The van der Waals surface area contributed by atoms with Crippen LogP contribution in [0.5, 0.6) is 0 Å². The number of allylic oxidation sites excluding steroid dienone is 1. The van der Waals surface area contributed by atoms with E-state index in [1.807, 2.05) is 68.4 Å². The fraction of sp³-hybridized carbons (Fsp3) is 0.158. The third-order valence-electron chi connectivity index (χ3n) is 3.96. The number of hydrogen-bond acceptors (Lipinski definition) is 2. The summed E-state index contributed by atoms with van der Waals surface area (Å²) in [5.74, 6) is -0.146. The molecule has 0 unspecified atom stereocenters. The van der Waals surface area contributed by atoms with Gasteiger partial charge < -0.3 is 16.0 Å². The molecule has 122 valence electrons. The second-order valence-electron chi connectivity index (χ2n) is 5.80. The van der Waals surface area contributed by atoms with Gasteiger partial charge in [-0.25, -0.2) is 0 Å². The van der Waals surface area contributed by atoms with Crippen molar-refractivity contribution in [3.8, 4) is 0 Å². The highest BCUT2D eigenvalue weighted by Crippen LogP contribution is 2.27. The van der Waals surface area contributed by atoms with Crippen LogP contribution in [0.4, 0.5) is 5.69 Å². The molecule has 1 aliphatic rings. The van der Waals surface area contributed by atoms with E-state index in [4.69, 9.17) is 12.2 Å². The van der Waals surface area contributed by atoms with Crippen molar-refractivity contribution in [2.45, 2.75) is 19.9 Å². The van der Waals surface area contributed by atoms with Crippen molar-refractivity contribution in [3.05, 3.63) is 77.0 Å². The van der Waals surface area contributed by atoms with E-state index in [9.17, 15) is 4.79 Å². The van der Waals surface area contributed by atoms with E-state index < -0.39 is 0 Å². The Morgan fingerprint density at radius 2 is 1.71 bits per heavy atom. The van der Waals surface area contributed by atoms with Gasteiger partial charge in [-0.1, -0.05) is 48.0 Å². The van der Waals surface area contributed by atoms with E-state index in [1.165, 1.54) is 0 Å². The molecule has 0 spiro atoms. The second kappa shape index (κ2) is 6.84. The number of rotatable bonds is 3. The number of nitrogens with one attached hydrogen (secondary N) is 3. The van der Waals surface area contributed by atoms with E-state index in [1.54, 1.807) is 0 Å². The largest absolute Gasteiger partial charge is 0.351 e. The van der Waals surface area contributed by atoms with Gasteiger partial charge in [0.25, 0.3) is 5.91 Å². The molecule has 0 aromatic heterocycles. The van der Waals surface area contributed by atoms with Crippen LogP contribution in [0.1, 0.15) is 24.1 Å². The van der Waals surface area contributed by atoms with Gasteiger partial charge in [-0.2, -0.15) is 0 Å². The van der Waals surface area contributed by atoms with Gasteiger partial charge in [-0.3, -0.25) is 4.79 Å². The summed E-state index contributed by atoms with van der Waals surface area (Å²) in [5.41, 5.74) is 4.31. The van der Waals surface area contributed by atoms with Crippen molar-refractivity contribution in [3.63, 3.8) is 0 Å². The quantitative estimate of drug-likeness (QED) is 0.751. The van der Waals surface area contributed by atoms with Crippen LogP contribution in [0.25, 0.3) is 0 Å². The Hall–Kier alpha value is -2.66. The molecule has 0 aliphatic carbocycles. The lowest BCUT2D eigenvalue weighted by Crippen LogP contribution is -2.45. The number of anilines is 1. The highest BCUT2D eigenvalue weighted by molar-refractivity contribution is 7.80. The maximum atomic E-state index is 12.9. The van der Waals surface area contributed by atoms with Crippen molar-refractivity contribution < 1.29 is 4.79 Å². The summed E-state index contributed by atoms with van der Waals surface area (Å²) >= 11 is 5.26. The Kier molecular flexibility index (Phi) is 4.62. The van der Waals surface area contributed by atoms with Crippen LogP contribution in [0.2, 0.25) is 0 Å². The van der Waals surface area contributed by atoms with Gasteiger partial charge in [-0.15, -0.1) is 0 Å². The molecule has 4 nitrogen and oxygen atoms in total. The summed E-state index contributed by atoms with van der Waals surface area (Å²) in [6, 6.07) is 17.3. The first kappa shape index (κ1) is 16.2. The fourth-order valence-corrected chi connectivity index (χ4v) is 3.00. The Morgan fingerprint density at radius 1 is 1.04 bits per heavy atom. The average molecular weight is 337 g/mol. The number of hydrogen-bond donors (Lipinski definition) is 3. The minimum absolute atomic E-state index is 0.146. The first-order valence-corrected chi connectivity index (χ1v) is 8.16. The van der Waals surface area contributed by atoms with E-state index in [0.29, 0.717) is 10.7 Å². The molecule has 1 amide bonds. The molecule has 2 aromatic rings. The minimum atomic E-state index is -0.273. The topological polar surface area (TPSA) is 53.2 Å². The van der Waals surface area contributed by atoms with Crippen LogP contribution in [0, 0.1) is 6.92 Å². The molecule has 24 heavy (non-hydrogen) atoms. The summed E-state index contributed by atoms with van der Waals surface area (Å²) in [6.07, 6.45) is 0. The average Bonchev–Trinajstić information content (AvgIpc) is 2.57. The molecule has 0 saturated carbocycles. The summed E-state index contributed by atoms with van der Waals surface area (Å²) < 4.78 is 0. The molecule has 0 saturated heterocycles. The number of aryl methyl sites for hydroxylation is 1. The molecule has 1 atom stereocenters. The predicted molar refractivity (Wildman–Crippen MR) is 101 cm³/mol. The van der Waals surface area contributed by atoms with E-state index in [0.717, 1.165) is 22.5 Å².